The number of nitrogens with zero attached hydrogens (tertiary/aromatic N) is 3. The predicted octanol–water partition coefficient (Wildman–Crippen LogP) is 3.10. The lowest BCUT2D eigenvalue weighted by molar-refractivity contribution is -0.134. The number of aromatic amines is 1. The summed E-state index contributed by atoms with van der Waals surface area (Å²) in [7, 11) is 0. The Balaban J connectivity index is 1.43. The van der Waals surface area contributed by atoms with Gasteiger partial charge in [0.2, 0.25) is 5.91 Å². The van der Waals surface area contributed by atoms with Crippen molar-refractivity contribution in [3.05, 3.63) is 10.6 Å². The number of piperidine rings is 1. The zero-order chi connectivity index (χ0) is 16.0. The molecule has 2 aliphatic carbocycles. The third kappa shape index (κ3) is 2.75. The predicted molar refractivity (Wildman–Crippen MR) is 90.6 cm³/mol. The Kier molecular flexibility index (Phi) is 4.03. The van der Waals surface area contributed by atoms with E-state index in [4.69, 9.17) is 12.2 Å². The first-order valence-corrected chi connectivity index (χ1v) is 9.53. The van der Waals surface area contributed by atoms with Gasteiger partial charge < -0.3 is 9.47 Å². The van der Waals surface area contributed by atoms with Gasteiger partial charge in [0.15, 0.2) is 4.77 Å². The summed E-state index contributed by atoms with van der Waals surface area (Å²) in [6.07, 6.45) is 7.37. The van der Waals surface area contributed by atoms with E-state index in [1.165, 1.54) is 19.3 Å². The van der Waals surface area contributed by atoms with E-state index in [1.807, 2.05) is 0 Å². The van der Waals surface area contributed by atoms with Crippen molar-refractivity contribution < 1.29 is 4.79 Å². The second-order valence-corrected chi connectivity index (χ2v) is 7.84. The molecule has 0 bridgehead atoms. The molecule has 4 rings (SSSR count). The Labute approximate surface area is 142 Å². The lowest BCUT2D eigenvalue weighted by atomic mass is 9.81. The van der Waals surface area contributed by atoms with E-state index in [0.717, 1.165) is 50.6 Å². The van der Waals surface area contributed by atoms with Crippen LogP contribution < -0.4 is 0 Å². The number of aromatic nitrogens is 3. The highest BCUT2D eigenvalue weighted by Crippen LogP contribution is 2.52. The summed E-state index contributed by atoms with van der Waals surface area (Å²) in [5, 5.41) is 7.35. The smallest absolute Gasteiger partial charge is 0.226 e. The maximum atomic E-state index is 12.8. The second-order valence-electron chi connectivity index (χ2n) is 7.45. The number of H-pyrrole nitrogens is 1. The van der Waals surface area contributed by atoms with E-state index in [0.29, 0.717) is 28.4 Å². The molecule has 1 saturated heterocycles. The molecule has 6 heteroatoms. The highest BCUT2D eigenvalue weighted by molar-refractivity contribution is 7.71. The molecule has 1 N–H and O–H groups in total. The van der Waals surface area contributed by atoms with Gasteiger partial charge in [-0.25, -0.2) is 0 Å². The average molecular weight is 334 g/mol. The maximum absolute atomic E-state index is 12.8. The van der Waals surface area contributed by atoms with Gasteiger partial charge in [0.25, 0.3) is 0 Å². The van der Waals surface area contributed by atoms with Crippen molar-refractivity contribution in [2.75, 3.05) is 13.1 Å². The minimum Gasteiger partial charge on any atom is -0.342 e. The monoisotopic (exact) mass is 334 g/mol. The number of hydrogen-bond acceptors (Lipinski definition) is 3. The molecule has 2 saturated carbocycles. The van der Waals surface area contributed by atoms with Gasteiger partial charge in [-0.15, -0.1) is 0 Å². The van der Waals surface area contributed by atoms with Crippen LogP contribution in [-0.4, -0.2) is 38.7 Å². The van der Waals surface area contributed by atoms with E-state index >= 15 is 0 Å². The first-order valence-electron chi connectivity index (χ1n) is 9.13. The minimum absolute atomic E-state index is 0.321. The van der Waals surface area contributed by atoms with Gasteiger partial charge in [0.05, 0.1) is 0 Å². The van der Waals surface area contributed by atoms with Crippen molar-refractivity contribution in [1.82, 2.24) is 19.7 Å². The van der Waals surface area contributed by atoms with Gasteiger partial charge in [0, 0.05) is 31.5 Å². The first-order chi connectivity index (χ1) is 11.2. The lowest BCUT2D eigenvalue weighted by Gasteiger charge is -2.33. The van der Waals surface area contributed by atoms with Crippen molar-refractivity contribution in [2.24, 2.45) is 17.8 Å². The van der Waals surface area contributed by atoms with E-state index in [-0.39, 0.29) is 0 Å². The molecule has 3 atom stereocenters. The Hall–Kier alpha value is -1.17. The van der Waals surface area contributed by atoms with Crippen LogP contribution in [0.15, 0.2) is 0 Å². The molecular weight excluding hydrogens is 308 g/mol. The number of carbonyl (C=O) groups is 1. The SMILES string of the molecule is CCn1c([C@@H]2CCCN(C(=O)[C@H]3C[C@@H]3C3CCC3)C2)n[nH]c1=S. The quantitative estimate of drug-likeness (QED) is 0.861. The molecule has 1 aromatic rings. The highest BCUT2D eigenvalue weighted by atomic mass is 32.1. The largest absolute Gasteiger partial charge is 0.342 e. The van der Waals surface area contributed by atoms with E-state index < -0.39 is 0 Å². The summed E-state index contributed by atoms with van der Waals surface area (Å²) in [5.74, 6) is 3.63. The number of amides is 1. The van der Waals surface area contributed by atoms with Gasteiger partial charge >= 0.3 is 0 Å². The molecule has 2 heterocycles. The fraction of sp³-hybridized carbons (Fsp3) is 0.824. The van der Waals surface area contributed by atoms with Crippen LogP contribution in [0.4, 0.5) is 0 Å². The van der Waals surface area contributed by atoms with Crippen LogP contribution in [0.3, 0.4) is 0 Å². The molecular formula is C17H26N4OS. The van der Waals surface area contributed by atoms with Gasteiger partial charge in [-0.2, -0.15) is 5.10 Å². The summed E-state index contributed by atoms with van der Waals surface area (Å²) >= 11 is 5.30. The van der Waals surface area contributed by atoms with Crippen LogP contribution in [0, 0.1) is 22.5 Å². The maximum Gasteiger partial charge on any atom is 0.226 e. The van der Waals surface area contributed by atoms with Crippen molar-refractivity contribution in [3.8, 4) is 0 Å². The Morgan fingerprint density at radius 3 is 2.87 bits per heavy atom. The molecule has 1 aromatic heterocycles. The number of carbonyl (C=O) groups excluding carboxylic acids is 1. The van der Waals surface area contributed by atoms with Gasteiger partial charge in [-0.1, -0.05) is 19.3 Å². The van der Waals surface area contributed by atoms with Crippen LogP contribution >= 0.6 is 12.2 Å². The first kappa shape index (κ1) is 15.4. The molecule has 0 spiro atoms. The molecule has 0 unspecified atom stereocenters. The van der Waals surface area contributed by atoms with Crippen molar-refractivity contribution >= 4 is 18.1 Å². The third-order valence-corrected chi connectivity index (χ3v) is 6.43. The van der Waals surface area contributed by atoms with Crippen molar-refractivity contribution in [2.45, 2.75) is 57.9 Å². The van der Waals surface area contributed by atoms with Crippen LogP contribution in [0.5, 0.6) is 0 Å². The molecule has 1 aliphatic heterocycles. The molecule has 126 valence electrons. The zero-order valence-corrected chi connectivity index (χ0v) is 14.6. The van der Waals surface area contributed by atoms with Gasteiger partial charge in [-0.05, 0) is 50.2 Å². The number of hydrogen-bond donors (Lipinski definition) is 1. The third-order valence-electron chi connectivity index (χ3n) is 6.11. The molecule has 0 radical (unpaired) electrons. The molecule has 3 aliphatic rings. The van der Waals surface area contributed by atoms with Crippen LogP contribution in [0.2, 0.25) is 0 Å². The zero-order valence-electron chi connectivity index (χ0n) is 13.8. The highest BCUT2D eigenvalue weighted by Gasteiger charge is 2.50. The molecule has 0 aromatic carbocycles. The molecule has 3 fully saturated rings. The standard InChI is InChI=1S/C17H26N4OS/c1-2-21-15(18-19-17(21)23)12-7-4-8-20(10-12)16(22)14-9-13(14)11-5-3-6-11/h11-14H,2-10H2,1H3,(H,19,23)/t12-,13-,14+/m1/s1. The second kappa shape index (κ2) is 6.04. The Morgan fingerprint density at radius 1 is 1.35 bits per heavy atom. The average Bonchev–Trinajstić information content (AvgIpc) is 3.19. The Morgan fingerprint density at radius 2 is 2.17 bits per heavy atom. The van der Waals surface area contributed by atoms with E-state index in [1.54, 1.807) is 0 Å². The lowest BCUT2D eigenvalue weighted by Crippen LogP contribution is -2.41. The fourth-order valence-electron chi connectivity index (χ4n) is 4.46. The van der Waals surface area contributed by atoms with Crippen molar-refractivity contribution in [1.29, 1.82) is 0 Å². The van der Waals surface area contributed by atoms with E-state index in [2.05, 4.69) is 26.6 Å². The van der Waals surface area contributed by atoms with Crippen LogP contribution in [-0.2, 0) is 11.3 Å². The van der Waals surface area contributed by atoms with Crippen LogP contribution in [0.25, 0.3) is 0 Å². The summed E-state index contributed by atoms with van der Waals surface area (Å²) in [6.45, 7) is 4.66. The fourth-order valence-corrected chi connectivity index (χ4v) is 4.73. The Bertz CT molecular complexity index is 647. The van der Waals surface area contributed by atoms with Crippen LogP contribution in [0.1, 0.15) is 57.2 Å². The topological polar surface area (TPSA) is 53.9 Å². The molecule has 23 heavy (non-hydrogen) atoms. The summed E-state index contributed by atoms with van der Waals surface area (Å²) in [5.41, 5.74) is 0. The normalized spacial score (nSPS) is 31.0. The number of nitrogens with one attached hydrogen (secondary N) is 1. The van der Waals surface area contributed by atoms with Gasteiger partial charge in [-0.3, -0.25) is 9.89 Å². The number of rotatable bonds is 4. The van der Waals surface area contributed by atoms with E-state index in [9.17, 15) is 4.79 Å². The summed E-state index contributed by atoms with van der Waals surface area (Å²) in [6, 6.07) is 0. The molecule has 1 amide bonds. The molecule has 5 nitrogen and oxygen atoms in total. The van der Waals surface area contributed by atoms with Crippen molar-refractivity contribution in [3.63, 3.8) is 0 Å². The summed E-state index contributed by atoms with van der Waals surface area (Å²) < 4.78 is 2.76. The minimum atomic E-state index is 0.321. The number of likely N-dealkylation sites (tertiary alicyclic amines) is 1. The summed E-state index contributed by atoms with van der Waals surface area (Å²) in [4.78, 5) is 14.9. The van der Waals surface area contributed by atoms with Gasteiger partial charge in [0.1, 0.15) is 5.82 Å².